The van der Waals surface area contributed by atoms with Crippen molar-refractivity contribution in [2.24, 2.45) is 0 Å². The Morgan fingerprint density at radius 3 is 2.58 bits per heavy atom. The lowest BCUT2D eigenvalue weighted by atomic mass is 10.1. The minimum atomic E-state index is -0.866. The average molecular weight is 288 g/mol. The average Bonchev–Trinajstić information content (AvgIpc) is 2.41. The number of carbonyl (C=O) groups excluding carboxylic acids is 3. The Hall–Kier alpha value is -1.66. The van der Waals surface area contributed by atoms with Gasteiger partial charge in [-0.25, -0.2) is 4.79 Å². The van der Waals surface area contributed by atoms with Crippen LogP contribution in [0.5, 0.6) is 0 Å². The minimum absolute atomic E-state index is 0.01000. The molecule has 0 fully saturated rings. The quantitative estimate of drug-likeness (QED) is 0.284. The fraction of sp³-hybridized carbons (Fsp3) is 0.636. The van der Waals surface area contributed by atoms with E-state index in [-0.39, 0.29) is 29.8 Å². The number of ether oxygens (including phenoxy) is 1. The summed E-state index contributed by atoms with van der Waals surface area (Å²) in [4.78, 5) is 37.2. The monoisotopic (exact) mass is 288 g/mol. The number of hydrogen-bond donors (Lipinski definition) is 2. The summed E-state index contributed by atoms with van der Waals surface area (Å²) in [6.45, 7) is 1.71. The molecule has 2 N–H and O–H groups in total. The molecule has 0 aromatic carbocycles. The molecule has 0 rings (SSSR count). The molecular formula is C11H18N3O4S+. The van der Waals surface area contributed by atoms with E-state index in [1.165, 1.54) is 18.9 Å². The molecule has 2 atom stereocenters. The van der Waals surface area contributed by atoms with E-state index in [1.807, 2.05) is 0 Å². The van der Waals surface area contributed by atoms with Gasteiger partial charge in [-0.05, 0) is 19.6 Å². The van der Waals surface area contributed by atoms with Crippen molar-refractivity contribution in [3.8, 4) is 0 Å². The summed E-state index contributed by atoms with van der Waals surface area (Å²) in [7, 11) is 1.21. The van der Waals surface area contributed by atoms with Crippen LogP contribution in [-0.2, 0) is 19.1 Å². The highest BCUT2D eigenvalue weighted by atomic mass is 32.2. The van der Waals surface area contributed by atoms with Crippen molar-refractivity contribution in [3.63, 3.8) is 0 Å². The second kappa shape index (κ2) is 9.29. The van der Waals surface area contributed by atoms with Crippen LogP contribution in [0.2, 0.25) is 0 Å². The summed E-state index contributed by atoms with van der Waals surface area (Å²) in [6.07, 6.45) is 2.77. The summed E-state index contributed by atoms with van der Waals surface area (Å²) in [5, 5.41) is 2.24. The fourth-order valence-corrected chi connectivity index (χ4v) is 1.49. The van der Waals surface area contributed by atoms with Crippen LogP contribution in [0.15, 0.2) is 0 Å². The first kappa shape index (κ1) is 17.3. The molecule has 0 radical (unpaired) electrons. The fourth-order valence-electron chi connectivity index (χ4n) is 1.21. The topological polar surface area (TPSA) is 110 Å². The highest BCUT2D eigenvalue weighted by Gasteiger charge is 2.24. The Labute approximate surface area is 115 Å². The first-order valence-corrected chi connectivity index (χ1v) is 6.88. The van der Waals surface area contributed by atoms with Crippen LogP contribution in [0, 0.1) is 5.53 Å². The third-order valence-electron chi connectivity index (χ3n) is 2.41. The maximum absolute atomic E-state index is 11.7. The number of ketones is 1. The van der Waals surface area contributed by atoms with E-state index in [2.05, 4.69) is 14.8 Å². The van der Waals surface area contributed by atoms with Gasteiger partial charge in [0.1, 0.15) is 6.04 Å². The Bertz CT molecular complexity index is 393. The van der Waals surface area contributed by atoms with Crippen molar-refractivity contribution in [1.82, 2.24) is 5.32 Å². The van der Waals surface area contributed by atoms with E-state index in [4.69, 9.17) is 5.53 Å². The van der Waals surface area contributed by atoms with E-state index >= 15 is 0 Å². The lowest BCUT2D eigenvalue weighted by molar-refractivity contribution is -0.145. The number of carbonyl (C=O) groups is 3. The Balaban J connectivity index is 4.56. The third kappa shape index (κ3) is 6.73. The van der Waals surface area contributed by atoms with Gasteiger partial charge in [-0.2, -0.15) is 11.8 Å². The van der Waals surface area contributed by atoms with Crippen molar-refractivity contribution in [2.45, 2.75) is 31.1 Å². The van der Waals surface area contributed by atoms with E-state index in [0.717, 1.165) is 6.21 Å². The van der Waals surface area contributed by atoms with Gasteiger partial charge in [-0.1, -0.05) is 0 Å². The van der Waals surface area contributed by atoms with Crippen molar-refractivity contribution in [1.29, 1.82) is 5.53 Å². The Morgan fingerprint density at radius 1 is 1.47 bits per heavy atom. The first-order chi connectivity index (χ1) is 8.96. The molecular weight excluding hydrogens is 270 g/mol. The van der Waals surface area contributed by atoms with Gasteiger partial charge < -0.3 is 10.1 Å². The molecule has 0 aliphatic rings. The Morgan fingerprint density at radius 2 is 2.11 bits per heavy atom. The highest BCUT2D eigenvalue weighted by molar-refractivity contribution is 7.99. The zero-order chi connectivity index (χ0) is 14.8. The number of methoxy groups -OCH3 is 1. The molecule has 0 aliphatic carbocycles. The van der Waals surface area contributed by atoms with Gasteiger partial charge in [0.25, 0.3) is 0 Å². The van der Waals surface area contributed by atoms with Crippen LogP contribution in [0.3, 0.4) is 0 Å². The van der Waals surface area contributed by atoms with Crippen LogP contribution >= 0.6 is 11.8 Å². The molecule has 1 amide bonds. The zero-order valence-electron chi connectivity index (χ0n) is 11.1. The molecule has 0 aromatic rings. The van der Waals surface area contributed by atoms with Crippen molar-refractivity contribution in [2.75, 3.05) is 13.4 Å². The van der Waals surface area contributed by atoms with E-state index in [0.29, 0.717) is 0 Å². The summed E-state index contributed by atoms with van der Waals surface area (Å²) >= 11 is 1.35. The number of thioether (sulfide) groups is 1. The van der Waals surface area contributed by atoms with Crippen molar-refractivity contribution >= 4 is 35.6 Å². The van der Waals surface area contributed by atoms with Gasteiger partial charge in [0.2, 0.25) is 11.7 Å². The summed E-state index contributed by atoms with van der Waals surface area (Å²) in [5.41, 5.74) is 6.52. The van der Waals surface area contributed by atoms with Gasteiger partial charge in [0.05, 0.1) is 22.7 Å². The first-order valence-electron chi connectivity index (χ1n) is 5.59. The van der Waals surface area contributed by atoms with Gasteiger partial charge in [0, 0.05) is 6.42 Å². The predicted molar refractivity (Wildman–Crippen MR) is 70.2 cm³/mol. The molecule has 19 heavy (non-hydrogen) atoms. The molecule has 0 heterocycles. The van der Waals surface area contributed by atoms with Gasteiger partial charge in [-0.3, -0.25) is 9.59 Å². The summed E-state index contributed by atoms with van der Waals surface area (Å²) < 4.78 is 4.58. The number of hydrogen-bond acceptors (Lipinski definition) is 6. The molecule has 0 saturated heterocycles. The number of nitrogens with one attached hydrogen (secondary N) is 2. The smallest absolute Gasteiger partial charge is 0.372 e. The van der Waals surface area contributed by atoms with Crippen molar-refractivity contribution in [3.05, 3.63) is 0 Å². The third-order valence-corrected chi connectivity index (χ3v) is 3.33. The number of Topliss-reactive ketones (excluding diaryl/α,β-unsaturated/α-hetero) is 1. The molecule has 0 spiro atoms. The normalized spacial score (nSPS) is 12.8. The predicted octanol–water partition coefficient (Wildman–Crippen LogP) is 0.0550. The maximum Gasteiger partial charge on any atom is 0.372 e. The second-order valence-corrected chi connectivity index (χ2v) is 4.90. The summed E-state index contributed by atoms with van der Waals surface area (Å²) in [6, 6.07) is -0.866. The number of rotatable bonds is 8. The van der Waals surface area contributed by atoms with Crippen LogP contribution in [-0.4, -0.2) is 53.3 Å². The summed E-state index contributed by atoms with van der Waals surface area (Å²) in [5.74, 6) is -1.27. The van der Waals surface area contributed by atoms with E-state index in [9.17, 15) is 14.4 Å². The van der Waals surface area contributed by atoms with Crippen LogP contribution in [0.1, 0.15) is 19.8 Å². The highest BCUT2D eigenvalue weighted by Crippen LogP contribution is 2.07. The number of amides is 1. The maximum atomic E-state index is 11.7. The largest absolute Gasteiger partial charge is 0.467 e. The van der Waals surface area contributed by atoms with Crippen LogP contribution < -0.4 is 5.32 Å². The molecule has 0 aromatic heterocycles. The molecule has 7 nitrogen and oxygen atoms in total. The number of esters is 1. The minimum Gasteiger partial charge on any atom is -0.467 e. The lowest BCUT2D eigenvalue weighted by Crippen LogP contribution is -2.44. The number of nitrogens with zero attached hydrogens (tertiary/aromatic N) is 1. The molecule has 0 bridgehead atoms. The van der Waals surface area contributed by atoms with Crippen LogP contribution in [0.4, 0.5) is 0 Å². The standard InChI is InChI=1S/C11H17N3O4S/c1-7(19-3)10(16)14-9(11(17)18-2)5-4-8(15)6-13-12/h6-7,9,12H,4-5H2,1-3H3/p+1/t7-,9-/m0/s1. The second-order valence-electron chi connectivity index (χ2n) is 3.73. The molecule has 0 saturated carbocycles. The Kier molecular flexibility index (Phi) is 8.48. The molecule has 0 aliphatic heterocycles. The zero-order valence-corrected chi connectivity index (χ0v) is 12.0. The van der Waals surface area contributed by atoms with Gasteiger partial charge in [-0.15, -0.1) is 0 Å². The van der Waals surface area contributed by atoms with E-state index < -0.39 is 12.0 Å². The van der Waals surface area contributed by atoms with E-state index in [1.54, 1.807) is 13.2 Å². The molecule has 0 unspecified atom stereocenters. The van der Waals surface area contributed by atoms with Crippen molar-refractivity contribution < 1.29 is 23.9 Å². The SMILES string of the molecule is COC(=O)[C@H](CCC(=O)C=[N+]=N)NC(=O)[C@H](C)SC. The molecule has 106 valence electrons. The van der Waals surface area contributed by atoms with Crippen LogP contribution in [0.25, 0.3) is 0 Å². The lowest BCUT2D eigenvalue weighted by Gasteiger charge is -2.17. The van der Waals surface area contributed by atoms with Gasteiger partial charge in [0.15, 0.2) is 0 Å². The molecule has 8 heteroatoms. The van der Waals surface area contributed by atoms with Gasteiger partial charge >= 0.3 is 12.2 Å².